The van der Waals surface area contributed by atoms with Crippen LogP contribution in [0.15, 0.2) is 12.1 Å². The third-order valence-electron chi connectivity index (χ3n) is 3.93. The van der Waals surface area contributed by atoms with E-state index in [-0.39, 0.29) is 38.0 Å². The number of rotatable bonds is 8. The number of primary amides is 1. The van der Waals surface area contributed by atoms with Crippen LogP contribution >= 0.6 is 0 Å². The largest absolute Gasteiger partial charge is 1.00 e. The summed E-state index contributed by atoms with van der Waals surface area (Å²) in [5.41, 5.74) is 6.53. The average molecular weight is 331 g/mol. The molecule has 0 aliphatic rings. The fourth-order valence-electron chi connectivity index (χ4n) is 2.43. The zero-order valence-corrected chi connectivity index (χ0v) is 15.0. The minimum atomic E-state index is -0.931. The summed E-state index contributed by atoms with van der Waals surface area (Å²) in [7, 11) is 5.60. The molecule has 0 saturated carbocycles. The van der Waals surface area contributed by atoms with E-state index in [1.807, 2.05) is 19.0 Å². The van der Waals surface area contributed by atoms with Gasteiger partial charge in [-0.25, -0.2) is 0 Å². The number of carboxylic acids is 1. The number of nitrogens with zero attached hydrogens (tertiary/aromatic N) is 2. The van der Waals surface area contributed by atoms with Gasteiger partial charge in [-0.3, -0.25) is 14.5 Å². The van der Waals surface area contributed by atoms with Crippen LogP contribution in [-0.2, 0) is 11.2 Å². The van der Waals surface area contributed by atoms with Gasteiger partial charge in [-0.05, 0) is 51.7 Å². The molecule has 24 heavy (non-hydrogen) atoms. The van der Waals surface area contributed by atoms with Crippen LogP contribution in [0.4, 0.5) is 0 Å². The van der Waals surface area contributed by atoms with Gasteiger partial charge in [0.05, 0.1) is 5.56 Å². The van der Waals surface area contributed by atoms with Gasteiger partial charge in [0.15, 0.2) is 0 Å². The van der Waals surface area contributed by atoms with Crippen molar-refractivity contribution < 1.29 is 40.1 Å². The zero-order chi connectivity index (χ0) is 17.7. The van der Waals surface area contributed by atoms with Crippen molar-refractivity contribution in [3.63, 3.8) is 0 Å². The Balaban J connectivity index is 0. The smallest absolute Gasteiger partial charge is 1.00 e. The van der Waals surface area contributed by atoms with E-state index in [4.69, 9.17) is 5.73 Å². The number of aliphatic carboxylic acids is 1. The minimum Gasteiger partial charge on any atom is -1.00 e. The van der Waals surface area contributed by atoms with Crippen LogP contribution in [-0.4, -0.2) is 72.2 Å². The number of phenols is 1. The Labute approximate surface area is 156 Å². The van der Waals surface area contributed by atoms with Gasteiger partial charge in [0.25, 0.3) is 5.91 Å². The van der Waals surface area contributed by atoms with Crippen LogP contribution in [0.3, 0.4) is 0 Å². The predicted octanol–water partition coefficient (Wildman–Crippen LogP) is -2.59. The molecular weight excluding hydrogens is 305 g/mol. The molecule has 0 radical (unpaired) electrons. The van der Waals surface area contributed by atoms with Gasteiger partial charge in [0.1, 0.15) is 11.8 Å². The van der Waals surface area contributed by atoms with Gasteiger partial charge >= 0.3 is 24.8 Å². The number of hydrogen-bond donors (Lipinski definition) is 3. The van der Waals surface area contributed by atoms with E-state index >= 15 is 0 Å². The molecule has 4 N–H and O–H groups in total. The van der Waals surface area contributed by atoms with Crippen molar-refractivity contribution in [3.05, 3.63) is 28.8 Å². The van der Waals surface area contributed by atoms with Crippen molar-refractivity contribution in [2.24, 2.45) is 5.73 Å². The van der Waals surface area contributed by atoms with Crippen LogP contribution in [0.1, 0.15) is 22.9 Å². The van der Waals surface area contributed by atoms with Crippen molar-refractivity contribution in [2.45, 2.75) is 19.4 Å². The van der Waals surface area contributed by atoms with Crippen molar-refractivity contribution in [1.82, 2.24) is 9.80 Å². The van der Waals surface area contributed by atoms with Crippen LogP contribution in [0.25, 0.3) is 0 Å². The molecule has 0 fully saturated rings. The number of carbonyl (C=O) groups is 2. The molecule has 8 heteroatoms. The van der Waals surface area contributed by atoms with E-state index in [1.165, 1.54) is 6.07 Å². The molecule has 0 aliphatic carbocycles. The molecular formula is C16H26LiN3O4. The van der Waals surface area contributed by atoms with Crippen LogP contribution in [0.5, 0.6) is 5.75 Å². The topological polar surface area (TPSA) is 107 Å². The number of carboxylic acid groups (broad SMARTS) is 1. The first-order valence-corrected chi connectivity index (χ1v) is 7.34. The second kappa shape index (κ2) is 9.70. The maximum absolute atomic E-state index is 11.6. The molecule has 130 valence electrons. The maximum atomic E-state index is 11.6. The van der Waals surface area contributed by atoms with Gasteiger partial charge in [-0.15, -0.1) is 0 Å². The third kappa shape index (κ3) is 5.84. The van der Waals surface area contributed by atoms with Crippen LogP contribution in [0.2, 0.25) is 0 Å². The molecule has 1 rings (SSSR count). The molecule has 0 aliphatic heterocycles. The molecule has 1 aromatic rings. The molecule has 0 aromatic heterocycles. The second-order valence-electron chi connectivity index (χ2n) is 5.95. The predicted molar refractivity (Wildman–Crippen MR) is 88.8 cm³/mol. The molecule has 7 nitrogen and oxygen atoms in total. The van der Waals surface area contributed by atoms with Crippen molar-refractivity contribution >= 4 is 11.9 Å². The summed E-state index contributed by atoms with van der Waals surface area (Å²) in [5, 5.41) is 19.2. The Bertz CT molecular complexity index is 599. The number of benzene rings is 1. The molecule has 1 unspecified atom stereocenters. The number of aromatic hydroxyl groups is 1. The van der Waals surface area contributed by atoms with E-state index in [0.717, 1.165) is 6.54 Å². The van der Waals surface area contributed by atoms with Crippen LogP contribution < -0.4 is 24.6 Å². The summed E-state index contributed by atoms with van der Waals surface area (Å²) in [6, 6.07) is 2.28. The first-order chi connectivity index (χ1) is 10.6. The van der Waals surface area contributed by atoms with E-state index < -0.39 is 17.9 Å². The molecule has 1 aromatic carbocycles. The maximum Gasteiger partial charge on any atom is 1.00 e. The van der Waals surface area contributed by atoms with Gasteiger partial charge in [-0.2, -0.15) is 0 Å². The molecule has 0 bridgehead atoms. The molecule has 1 atom stereocenters. The first-order valence-electron chi connectivity index (χ1n) is 7.34. The van der Waals surface area contributed by atoms with Gasteiger partial charge in [0, 0.05) is 13.1 Å². The summed E-state index contributed by atoms with van der Waals surface area (Å²) in [6.07, 6.45) is 0.228. The standard InChI is InChI=1S/C16H25N3O4.Li.H/c1-10-11(5-6-13(20)14(10)15(17)21)9-12(16(22)23)19(4)8-7-18(2)3;;/h5-6,12,20H,7-9H2,1-4H3,(H2,17,21)(H,22,23);;/q;+1;-1. The summed E-state index contributed by atoms with van der Waals surface area (Å²) >= 11 is 0. The Morgan fingerprint density at radius 3 is 2.29 bits per heavy atom. The fraction of sp³-hybridized carbons (Fsp3) is 0.500. The molecule has 0 spiro atoms. The van der Waals surface area contributed by atoms with E-state index in [9.17, 15) is 19.8 Å². The van der Waals surface area contributed by atoms with Gasteiger partial charge in [-0.1, -0.05) is 6.07 Å². The summed E-state index contributed by atoms with van der Waals surface area (Å²) in [4.78, 5) is 26.8. The Morgan fingerprint density at radius 2 is 1.83 bits per heavy atom. The monoisotopic (exact) mass is 331 g/mol. The van der Waals surface area contributed by atoms with Crippen molar-refractivity contribution in [2.75, 3.05) is 34.2 Å². The van der Waals surface area contributed by atoms with Crippen molar-refractivity contribution in [3.8, 4) is 5.75 Å². The Morgan fingerprint density at radius 1 is 1.25 bits per heavy atom. The van der Waals surface area contributed by atoms with Crippen LogP contribution in [0, 0.1) is 6.92 Å². The Hall–Kier alpha value is -1.52. The number of hydrogen-bond acceptors (Lipinski definition) is 5. The summed E-state index contributed by atoms with van der Waals surface area (Å²) < 4.78 is 0. The van der Waals surface area contributed by atoms with E-state index in [2.05, 4.69) is 0 Å². The van der Waals surface area contributed by atoms with Gasteiger partial charge in [0.2, 0.25) is 0 Å². The number of nitrogens with two attached hydrogens (primary N) is 1. The quantitative estimate of drug-likeness (QED) is 0.451. The van der Waals surface area contributed by atoms with E-state index in [1.54, 1.807) is 24.9 Å². The average Bonchev–Trinajstić information content (AvgIpc) is 2.43. The summed E-state index contributed by atoms with van der Waals surface area (Å²) in [5.74, 6) is -1.85. The first kappa shape index (κ1) is 22.5. The Kier molecular flexibility index (Phi) is 9.08. The second-order valence-corrected chi connectivity index (χ2v) is 5.95. The molecule has 0 saturated heterocycles. The number of carbonyl (C=O) groups excluding carboxylic acids is 1. The summed E-state index contributed by atoms with van der Waals surface area (Å²) in [6.45, 7) is 3.00. The molecule has 0 heterocycles. The normalized spacial score (nSPS) is 12.1. The van der Waals surface area contributed by atoms with E-state index in [0.29, 0.717) is 17.7 Å². The zero-order valence-electron chi connectivity index (χ0n) is 16.0. The third-order valence-corrected chi connectivity index (χ3v) is 3.93. The SMILES string of the molecule is Cc1c(CC(C(=O)O)N(C)CCN(C)C)ccc(O)c1C(N)=O.[H-].[Li+]. The van der Waals surface area contributed by atoms with Crippen molar-refractivity contribution in [1.29, 1.82) is 0 Å². The number of amides is 1. The number of likely N-dealkylation sites (N-methyl/N-ethyl adjacent to an activating group) is 2. The molecule has 1 amide bonds. The minimum absolute atomic E-state index is 0. The van der Waals surface area contributed by atoms with Gasteiger partial charge < -0.3 is 22.3 Å². The fourth-order valence-corrected chi connectivity index (χ4v) is 2.43.